The molecule has 1 aromatic heterocycles. The number of nitrogens with zero attached hydrogens (tertiary/aromatic N) is 4. The van der Waals surface area contributed by atoms with Crippen molar-refractivity contribution in [1.29, 1.82) is 0 Å². The molecular formula is C20H22FN5O4S2. The molecule has 2 fully saturated rings. The Balaban J connectivity index is 1.29. The average Bonchev–Trinajstić information content (AvgIpc) is 3.48. The van der Waals surface area contributed by atoms with Gasteiger partial charge in [0, 0.05) is 25.2 Å². The fourth-order valence-corrected chi connectivity index (χ4v) is 6.71. The molecule has 0 radical (unpaired) electrons. The molecule has 1 aliphatic carbocycles. The first-order valence-electron chi connectivity index (χ1n) is 10.4. The zero-order valence-electron chi connectivity index (χ0n) is 17.1. The lowest BCUT2D eigenvalue weighted by Crippen LogP contribution is -2.39. The van der Waals surface area contributed by atoms with E-state index in [1.165, 1.54) is 40.7 Å². The Labute approximate surface area is 185 Å². The van der Waals surface area contributed by atoms with Crippen LogP contribution in [0.5, 0.6) is 0 Å². The van der Waals surface area contributed by atoms with Crippen molar-refractivity contribution < 1.29 is 21.2 Å². The van der Waals surface area contributed by atoms with Crippen molar-refractivity contribution in [3.05, 3.63) is 48.3 Å². The largest absolute Gasteiger partial charge is 0.243 e. The summed E-state index contributed by atoms with van der Waals surface area (Å²) in [4.78, 5) is 0.111. The fourth-order valence-electron chi connectivity index (χ4n) is 3.94. The van der Waals surface area contributed by atoms with Crippen LogP contribution in [0.25, 0.3) is 11.0 Å². The summed E-state index contributed by atoms with van der Waals surface area (Å²) in [6, 6.07) is 9.56. The van der Waals surface area contributed by atoms with E-state index in [9.17, 15) is 21.2 Å². The van der Waals surface area contributed by atoms with Gasteiger partial charge in [0.2, 0.25) is 20.0 Å². The first kappa shape index (κ1) is 21.4. The number of rotatable bonds is 6. The van der Waals surface area contributed by atoms with Crippen molar-refractivity contribution >= 4 is 31.1 Å². The summed E-state index contributed by atoms with van der Waals surface area (Å²) in [5, 5.41) is 8.14. The molecule has 1 saturated heterocycles. The summed E-state index contributed by atoms with van der Waals surface area (Å²) in [6.45, 7) is 0.581. The number of benzene rings is 2. The number of fused-ring (bicyclic) bond motifs is 1. The third-order valence-corrected chi connectivity index (χ3v) is 9.32. The van der Waals surface area contributed by atoms with Crippen molar-refractivity contribution in [1.82, 2.24) is 24.0 Å². The predicted molar refractivity (Wildman–Crippen MR) is 114 cm³/mol. The van der Waals surface area contributed by atoms with Crippen LogP contribution in [0.3, 0.4) is 0 Å². The molecular weight excluding hydrogens is 457 g/mol. The number of hydrogen-bond donors (Lipinski definition) is 1. The molecule has 0 atom stereocenters. The predicted octanol–water partition coefficient (Wildman–Crippen LogP) is 2.04. The Hall–Kier alpha value is -2.41. The third-order valence-electron chi connectivity index (χ3n) is 5.87. The van der Waals surface area contributed by atoms with Crippen molar-refractivity contribution in [3.63, 3.8) is 0 Å². The molecule has 1 saturated carbocycles. The van der Waals surface area contributed by atoms with Gasteiger partial charge < -0.3 is 0 Å². The standard InChI is InChI=1S/C20H22FN5O4S2/c21-14-1-8-20-19(13-14)22-24-26(20)16-9-11-25(12-10-16)32(29,30)18-6-4-17(5-7-18)31(27,28)23-15-2-3-15/h1,4-8,13,15-16,23H,2-3,9-12H2. The van der Waals surface area contributed by atoms with E-state index in [4.69, 9.17) is 0 Å². The second-order valence-electron chi connectivity index (χ2n) is 8.17. The number of aromatic nitrogens is 3. The number of hydrogen-bond acceptors (Lipinski definition) is 6. The fraction of sp³-hybridized carbons (Fsp3) is 0.400. The van der Waals surface area contributed by atoms with Gasteiger partial charge in [-0.05, 0) is 62.1 Å². The van der Waals surface area contributed by atoms with E-state index in [-0.39, 0.29) is 27.7 Å². The van der Waals surface area contributed by atoms with Crippen LogP contribution < -0.4 is 4.72 Å². The van der Waals surface area contributed by atoms with Crippen LogP contribution in [0.2, 0.25) is 0 Å². The third kappa shape index (κ3) is 4.03. The average molecular weight is 480 g/mol. The lowest BCUT2D eigenvalue weighted by atomic mass is 10.1. The maximum Gasteiger partial charge on any atom is 0.243 e. The first-order chi connectivity index (χ1) is 15.2. The van der Waals surface area contributed by atoms with Gasteiger partial charge in [0.15, 0.2) is 0 Å². The molecule has 32 heavy (non-hydrogen) atoms. The highest BCUT2D eigenvalue weighted by Gasteiger charge is 2.32. The molecule has 1 aliphatic heterocycles. The molecule has 1 N–H and O–H groups in total. The second-order valence-corrected chi connectivity index (χ2v) is 11.8. The van der Waals surface area contributed by atoms with E-state index in [2.05, 4.69) is 15.0 Å². The molecule has 2 aliphatic rings. The zero-order valence-corrected chi connectivity index (χ0v) is 18.7. The SMILES string of the molecule is O=S(=O)(NC1CC1)c1ccc(S(=O)(=O)N2CCC(n3nnc4cc(F)ccc43)CC2)cc1. The quantitative estimate of drug-likeness (QED) is 0.579. The molecule has 0 unspecified atom stereocenters. The van der Waals surface area contributed by atoms with E-state index < -0.39 is 20.0 Å². The second kappa shape index (κ2) is 7.87. The molecule has 0 spiro atoms. The van der Waals surface area contributed by atoms with Gasteiger partial charge in [-0.3, -0.25) is 0 Å². The van der Waals surface area contributed by atoms with Gasteiger partial charge >= 0.3 is 0 Å². The maximum atomic E-state index is 13.4. The molecule has 9 nitrogen and oxygen atoms in total. The van der Waals surface area contributed by atoms with Crippen LogP contribution in [-0.4, -0.2) is 55.3 Å². The summed E-state index contributed by atoms with van der Waals surface area (Å²) in [5.41, 5.74) is 1.18. The minimum atomic E-state index is -3.75. The molecule has 170 valence electrons. The van der Waals surface area contributed by atoms with Gasteiger partial charge in [0.25, 0.3) is 0 Å². The van der Waals surface area contributed by atoms with Gasteiger partial charge in [-0.15, -0.1) is 5.10 Å². The Bertz CT molecular complexity index is 1360. The van der Waals surface area contributed by atoms with Crippen molar-refractivity contribution in [3.8, 4) is 0 Å². The van der Waals surface area contributed by atoms with Crippen LogP contribution >= 0.6 is 0 Å². The smallest absolute Gasteiger partial charge is 0.241 e. The molecule has 3 aromatic rings. The minimum Gasteiger partial charge on any atom is -0.241 e. The van der Waals surface area contributed by atoms with Gasteiger partial charge in [-0.2, -0.15) is 4.31 Å². The topological polar surface area (TPSA) is 114 Å². The van der Waals surface area contributed by atoms with Crippen molar-refractivity contribution in [2.75, 3.05) is 13.1 Å². The maximum absolute atomic E-state index is 13.4. The number of halogens is 1. The van der Waals surface area contributed by atoms with Crippen LogP contribution in [0.1, 0.15) is 31.7 Å². The molecule has 0 bridgehead atoms. The first-order valence-corrected chi connectivity index (χ1v) is 13.3. The van der Waals surface area contributed by atoms with Crippen LogP contribution in [0.4, 0.5) is 4.39 Å². The summed E-state index contributed by atoms with van der Waals surface area (Å²) in [5.74, 6) is -0.382. The highest BCUT2D eigenvalue weighted by molar-refractivity contribution is 7.89. The van der Waals surface area contributed by atoms with E-state index in [0.717, 1.165) is 12.8 Å². The Morgan fingerprint density at radius 2 is 1.56 bits per heavy atom. The molecule has 2 aromatic carbocycles. The van der Waals surface area contributed by atoms with Gasteiger partial charge in [0.1, 0.15) is 11.3 Å². The van der Waals surface area contributed by atoms with E-state index in [0.29, 0.717) is 37.0 Å². The molecule has 12 heteroatoms. The van der Waals surface area contributed by atoms with Crippen LogP contribution in [-0.2, 0) is 20.0 Å². The Morgan fingerprint density at radius 3 is 2.22 bits per heavy atom. The van der Waals surface area contributed by atoms with Crippen molar-refractivity contribution in [2.45, 2.75) is 47.6 Å². The summed E-state index contributed by atoms with van der Waals surface area (Å²) < 4.78 is 69.8. The molecule has 2 heterocycles. The lowest BCUT2D eigenvalue weighted by molar-refractivity contribution is 0.263. The van der Waals surface area contributed by atoms with Gasteiger partial charge in [0.05, 0.1) is 21.3 Å². The number of nitrogens with one attached hydrogen (secondary N) is 1. The summed E-state index contributed by atoms with van der Waals surface area (Å²) in [7, 11) is -7.39. The minimum absolute atomic E-state index is 0.0224. The van der Waals surface area contributed by atoms with E-state index in [1.807, 2.05) is 0 Å². The van der Waals surface area contributed by atoms with Gasteiger partial charge in [-0.1, -0.05) is 5.21 Å². The van der Waals surface area contributed by atoms with Gasteiger partial charge in [-0.25, -0.2) is 30.6 Å². The van der Waals surface area contributed by atoms with Crippen molar-refractivity contribution in [2.24, 2.45) is 0 Å². The van der Waals surface area contributed by atoms with Crippen LogP contribution in [0.15, 0.2) is 52.3 Å². The highest BCUT2D eigenvalue weighted by atomic mass is 32.2. The number of sulfonamides is 2. The Morgan fingerprint density at radius 1 is 0.906 bits per heavy atom. The lowest BCUT2D eigenvalue weighted by Gasteiger charge is -2.31. The van der Waals surface area contributed by atoms with E-state index >= 15 is 0 Å². The molecule has 5 rings (SSSR count). The molecule has 0 amide bonds. The monoisotopic (exact) mass is 479 g/mol. The zero-order chi connectivity index (χ0) is 22.5. The highest BCUT2D eigenvalue weighted by Crippen LogP contribution is 2.29. The Kier molecular flexibility index (Phi) is 5.27. The van der Waals surface area contributed by atoms with Crippen LogP contribution in [0, 0.1) is 5.82 Å². The van der Waals surface area contributed by atoms with E-state index in [1.54, 1.807) is 10.7 Å². The number of piperidine rings is 1. The summed E-state index contributed by atoms with van der Waals surface area (Å²) >= 11 is 0. The summed E-state index contributed by atoms with van der Waals surface area (Å²) in [6.07, 6.45) is 2.71. The normalized spacial score (nSPS) is 18.9.